The summed E-state index contributed by atoms with van der Waals surface area (Å²) >= 11 is 0. The zero-order chi connectivity index (χ0) is 15.1. The van der Waals surface area contributed by atoms with Crippen molar-refractivity contribution in [2.45, 2.75) is 12.8 Å². The van der Waals surface area contributed by atoms with Crippen molar-refractivity contribution in [3.63, 3.8) is 0 Å². The van der Waals surface area contributed by atoms with E-state index in [9.17, 15) is 13.2 Å². The Morgan fingerprint density at radius 1 is 1.19 bits per heavy atom. The molecule has 1 aromatic carbocycles. The molecule has 1 fully saturated rings. The highest BCUT2D eigenvalue weighted by atomic mass is 19.4. The minimum atomic E-state index is -4.67. The molecule has 1 aliphatic heterocycles. The molecule has 1 unspecified atom stereocenters. The van der Waals surface area contributed by atoms with Crippen LogP contribution in [0.4, 0.5) is 13.2 Å². The molecule has 1 heterocycles. The second-order valence-electron chi connectivity index (χ2n) is 4.80. The molecule has 0 radical (unpaired) electrons. The van der Waals surface area contributed by atoms with Gasteiger partial charge in [0.1, 0.15) is 18.1 Å². The Morgan fingerprint density at radius 3 is 2.52 bits per heavy atom. The van der Waals surface area contributed by atoms with E-state index in [1.54, 1.807) is 0 Å². The second kappa shape index (κ2) is 7.51. The van der Waals surface area contributed by atoms with Gasteiger partial charge in [0.15, 0.2) is 0 Å². The molecule has 21 heavy (non-hydrogen) atoms. The zero-order valence-corrected chi connectivity index (χ0v) is 11.5. The van der Waals surface area contributed by atoms with Gasteiger partial charge in [-0.3, -0.25) is 0 Å². The summed E-state index contributed by atoms with van der Waals surface area (Å²) in [4.78, 5) is 0. The quantitative estimate of drug-likeness (QED) is 0.786. The molecule has 1 N–H and O–H groups in total. The molecule has 1 aliphatic rings. The van der Waals surface area contributed by atoms with Crippen LogP contribution >= 0.6 is 0 Å². The number of hydrogen-bond acceptors (Lipinski definition) is 4. The SMILES string of the molecule is FC(F)(F)Oc1ccc(OCCNCC2CCOC2)cc1. The van der Waals surface area contributed by atoms with Gasteiger partial charge >= 0.3 is 6.36 Å². The Hall–Kier alpha value is -1.47. The van der Waals surface area contributed by atoms with Crippen molar-refractivity contribution in [1.29, 1.82) is 0 Å². The van der Waals surface area contributed by atoms with Gasteiger partial charge in [0.25, 0.3) is 0 Å². The van der Waals surface area contributed by atoms with E-state index in [0.29, 0.717) is 24.8 Å². The third kappa shape index (κ3) is 6.22. The minimum Gasteiger partial charge on any atom is -0.492 e. The molecule has 0 aliphatic carbocycles. The van der Waals surface area contributed by atoms with Crippen LogP contribution in [0.25, 0.3) is 0 Å². The molecule has 0 aromatic heterocycles. The fourth-order valence-corrected chi connectivity index (χ4v) is 2.03. The maximum atomic E-state index is 12.0. The number of benzene rings is 1. The minimum absolute atomic E-state index is 0.255. The molecule has 7 heteroatoms. The average Bonchev–Trinajstić information content (AvgIpc) is 2.92. The number of ether oxygens (including phenoxy) is 3. The van der Waals surface area contributed by atoms with Crippen LogP contribution in [-0.2, 0) is 4.74 Å². The summed E-state index contributed by atoms with van der Waals surface area (Å²) in [6.07, 6.45) is -3.59. The lowest BCUT2D eigenvalue weighted by atomic mass is 10.1. The molecule has 118 valence electrons. The van der Waals surface area contributed by atoms with Crippen molar-refractivity contribution in [1.82, 2.24) is 5.32 Å². The van der Waals surface area contributed by atoms with Crippen molar-refractivity contribution < 1.29 is 27.4 Å². The molecular formula is C14H18F3NO3. The summed E-state index contributed by atoms with van der Waals surface area (Å²) < 4.78 is 50.4. The summed E-state index contributed by atoms with van der Waals surface area (Å²) in [5.74, 6) is 0.813. The topological polar surface area (TPSA) is 39.7 Å². The monoisotopic (exact) mass is 305 g/mol. The van der Waals surface area contributed by atoms with Crippen LogP contribution in [-0.4, -0.2) is 39.3 Å². The van der Waals surface area contributed by atoms with Gasteiger partial charge in [-0.15, -0.1) is 13.2 Å². The first-order chi connectivity index (χ1) is 10.0. The van der Waals surface area contributed by atoms with Crippen LogP contribution < -0.4 is 14.8 Å². The van der Waals surface area contributed by atoms with E-state index >= 15 is 0 Å². The highest BCUT2D eigenvalue weighted by molar-refractivity contribution is 5.31. The van der Waals surface area contributed by atoms with E-state index in [1.807, 2.05) is 0 Å². The maximum Gasteiger partial charge on any atom is 0.573 e. The number of alkyl halides is 3. The van der Waals surface area contributed by atoms with Crippen molar-refractivity contribution in [2.75, 3.05) is 32.9 Å². The van der Waals surface area contributed by atoms with Crippen LogP contribution in [0.3, 0.4) is 0 Å². The van der Waals surface area contributed by atoms with Gasteiger partial charge in [-0.2, -0.15) is 0 Å². The first-order valence-electron chi connectivity index (χ1n) is 6.80. The van der Waals surface area contributed by atoms with E-state index < -0.39 is 6.36 Å². The van der Waals surface area contributed by atoms with E-state index in [0.717, 1.165) is 26.2 Å². The predicted octanol–water partition coefficient (Wildman–Crippen LogP) is 2.59. The number of rotatable bonds is 7. The predicted molar refractivity (Wildman–Crippen MR) is 70.4 cm³/mol. The Bertz CT molecular complexity index is 416. The standard InChI is InChI=1S/C14H18F3NO3/c15-14(16,17)21-13-3-1-12(2-4-13)20-8-6-18-9-11-5-7-19-10-11/h1-4,11,18H,5-10H2. The van der Waals surface area contributed by atoms with Crippen molar-refractivity contribution in [3.8, 4) is 11.5 Å². The Labute approximate surface area is 121 Å². The molecule has 4 nitrogen and oxygen atoms in total. The Balaban J connectivity index is 1.62. The first-order valence-corrected chi connectivity index (χ1v) is 6.80. The van der Waals surface area contributed by atoms with Crippen molar-refractivity contribution >= 4 is 0 Å². The van der Waals surface area contributed by atoms with E-state index in [-0.39, 0.29) is 5.75 Å². The molecule has 1 saturated heterocycles. The fourth-order valence-electron chi connectivity index (χ4n) is 2.03. The molecule has 0 bridgehead atoms. The largest absolute Gasteiger partial charge is 0.573 e. The van der Waals surface area contributed by atoms with Gasteiger partial charge in [-0.25, -0.2) is 0 Å². The van der Waals surface area contributed by atoms with Gasteiger partial charge in [-0.1, -0.05) is 0 Å². The van der Waals surface area contributed by atoms with Gasteiger partial charge in [-0.05, 0) is 36.6 Å². The Morgan fingerprint density at radius 2 is 1.90 bits per heavy atom. The first kappa shape index (κ1) is 15.9. The lowest BCUT2D eigenvalue weighted by Crippen LogP contribution is -2.27. The average molecular weight is 305 g/mol. The van der Waals surface area contributed by atoms with E-state index in [4.69, 9.17) is 9.47 Å². The fraction of sp³-hybridized carbons (Fsp3) is 0.571. The highest BCUT2D eigenvalue weighted by Gasteiger charge is 2.30. The molecule has 2 rings (SSSR count). The zero-order valence-electron chi connectivity index (χ0n) is 11.5. The lowest BCUT2D eigenvalue weighted by molar-refractivity contribution is -0.274. The summed E-state index contributed by atoms with van der Waals surface area (Å²) in [5, 5.41) is 3.26. The van der Waals surface area contributed by atoms with Crippen LogP contribution in [0, 0.1) is 5.92 Å². The number of nitrogens with one attached hydrogen (secondary N) is 1. The van der Waals surface area contributed by atoms with Gasteiger partial charge < -0.3 is 19.5 Å². The van der Waals surface area contributed by atoms with Gasteiger partial charge in [0, 0.05) is 19.7 Å². The maximum absolute atomic E-state index is 12.0. The summed E-state index contributed by atoms with van der Waals surface area (Å²) in [7, 11) is 0. The number of hydrogen-bond donors (Lipinski definition) is 1. The van der Waals surface area contributed by atoms with E-state index in [1.165, 1.54) is 24.3 Å². The molecular weight excluding hydrogens is 287 g/mol. The van der Waals surface area contributed by atoms with Crippen LogP contribution in [0.15, 0.2) is 24.3 Å². The molecule has 1 atom stereocenters. The van der Waals surface area contributed by atoms with Crippen LogP contribution in [0.5, 0.6) is 11.5 Å². The summed E-state index contributed by atoms with van der Waals surface area (Å²) in [6.45, 7) is 3.65. The smallest absolute Gasteiger partial charge is 0.492 e. The van der Waals surface area contributed by atoms with Gasteiger partial charge in [0.05, 0.1) is 6.61 Å². The highest BCUT2D eigenvalue weighted by Crippen LogP contribution is 2.24. The summed E-state index contributed by atoms with van der Waals surface area (Å²) in [6, 6.07) is 5.36. The Kier molecular flexibility index (Phi) is 5.69. The molecule has 0 spiro atoms. The third-order valence-corrected chi connectivity index (χ3v) is 3.06. The number of halogens is 3. The molecule has 0 saturated carbocycles. The lowest BCUT2D eigenvalue weighted by Gasteiger charge is -2.11. The molecule has 0 amide bonds. The second-order valence-corrected chi connectivity index (χ2v) is 4.80. The summed E-state index contributed by atoms with van der Waals surface area (Å²) in [5.41, 5.74) is 0. The van der Waals surface area contributed by atoms with Crippen LogP contribution in [0.2, 0.25) is 0 Å². The van der Waals surface area contributed by atoms with Crippen LogP contribution in [0.1, 0.15) is 6.42 Å². The van der Waals surface area contributed by atoms with E-state index in [2.05, 4.69) is 10.1 Å². The van der Waals surface area contributed by atoms with Crippen molar-refractivity contribution in [2.24, 2.45) is 5.92 Å². The normalized spacial score (nSPS) is 18.7. The van der Waals surface area contributed by atoms with Crippen molar-refractivity contribution in [3.05, 3.63) is 24.3 Å². The molecule has 1 aromatic rings. The van der Waals surface area contributed by atoms with Gasteiger partial charge in [0.2, 0.25) is 0 Å². The third-order valence-electron chi connectivity index (χ3n) is 3.06.